The van der Waals surface area contributed by atoms with Gasteiger partial charge in [0, 0.05) is 11.8 Å². The third-order valence-corrected chi connectivity index (χ3v) is 5.07. The zero-order chi connectivity index (χ0) is 17.3. The van der Waals surface area contributed by atoms with Crippen molar-refractivity contribution >= 4 is 17.7 Å². The van der Waals surface area contributed by atoms with Crippen molar-refractivity contribution in [3.05, 3.63) is 30.3 Å². The Morgan fingerprint density at radius 1 is 1.25 bits per heavy atom. The third-order valence-electron chi connectivity index (χ3n) is 3.90. The minimum Gasteiger partial charge on any atom is -0.463 e. The lowest BCUT2D eigenvalue weighted by molar-refractivity contribution is -0.179. The molecule has 0 spiro atoms. The van der Waals surface area contributed by atoms with Crippen LogP contribution in [0.15, 0.2) is 35.2 Å². The number of thioether (sulfide) groups is 1. The fourth-order valence-corrected chi connectivity index (χ4v) is 3.99. The molecular weight excluding hydrogens is 332 g/mol. The van der Waals surface area contributed by atoms with E-state index in [0.29, 0.717) is 0 Å². The van der Waals surface area contributed by atoms with Gasteiger partial charge in [0.15, 0.2) is 5.79 Å². The highest BCUT2D eigenvalue weighted by Gasteiger charge is 2.55. The van der Waals surface area contributed by atoms with Crippen LogP contribution < -0.4 is 0 Å². The second-order valence-electron chi connectivity index (χ2n) is 6.33. The molecule has 2 aliphatic rings. The van der Waals surface area contributed by atoms with E-state index in [4.69, 9.17) is 18.9 Å². The van der Waals surface area contributed by atoms with Gasteiger partial charge in [0.2, 0.25) is 0 Å². The van der Waals surface area contributed by atoms with Crippen molar-refractivity contribution in [3.8, 4) is 0 Å². The maximum atomic E-state index is 11.1. The highest BCUT2D eigenvalue weighted by molar-refractivity contribution is 7.99. The maximum Gasteiger partial charge on any atom is 0.302 e. The number of rotatable bonds is 4. The molecule has 0 bridgehead atoms. The van der Waals surface area contributed by atoms with E-state index >= 15 is 0 Å². The van der Waals surface area contributed by atoms with Gasteiger partial charge in [-0.25, -0.2) is 0 Å². The van der Waals surface area contributed by atoms with E-state index in [0.717, 1.165) is 4.90 Å². The van der Waals surface area contributed by atoms with Crippen molar-refractivity contribution in [1.29, 1.82) is 0 Å². The molecule has 7 heteroatoms. The summed E-state index contributed by atoms with van der Waals surface area (Å²) in [7, 11) is 0. The van der Waals surface area contributed by atoms with Crippen molar-refractivity contribution < 1.29 is 28.8 Å². The Balaban J connectivity index is 1.77. The van der Waals surface area contributed by atoms with E-state index < -0.39 is 35.6 Å². The van der Waals surface area contributed by atoms with Crippen LogP contribution in [0.5, 0.6) is 0 Å². The largest absolute Gasteiger partial charge is 0.463 e. The first kappa shape index (κ1) is 17.7. The van der Waals surface area contributed by atoms with Gasteiger partial charge in [-0.15, -0.1) is 0 Å². The molecular formula is C17H22O6S. The Morgan fingerprint density at radius 2 is 1.92 bits per heavy atom. The molecule has 0 unspecified atom stereocenters. The molecule has 6 nitrogen and oxygen atoms in total. The third kappa shape index (κ3) is 3.92. The Morgan fingerprint density at radius 3 is 2.58 bits per heavy atom. The van der Waals surface area contributed by atoms with Crippen molar-refractivity contribution in [2.75, 3.05) is 6.61 Å². The zero-order valence-electron chi connectivity index (χ0n) is 13.9. The molecule has 2 aliphatic heterocycles. The number of benzene rings is 1. The molecule has 1 aromatic carbocycles. The van der Waals surface area contributed by atoms with Gasteiger partial charge in [-0.1, -0.05) is 30.0 Å². The van der Waals surface area contributed by atoms with E-state index in [-0.39, 0.29) is 12.6 Å². The number of hydrogen-bond donors (Lipinski definition) is 1. The van der Waals surface area contributed by atoms with Crippen LogP contribution in [-0.4, -0.2) is 53.3 Å². The Labute approximate surface area is 145 Å². The summed E-state index contributed by atoms with van der Waals surface area (Å²) in [6, 6.07) is 9.68. The normalized spacial score (nSPS) is 34.6. The van der Waals surface area contributed by atoms with Gasteiger partial charge in [-0.3, -0.25) is 4.79 Å². The average molecular weight is 354 g/mol. The van der Waals surface area contributed by atoms with E-state index in [1.165, 1.54) is 18.7 Å². The Kier molecular flexibility index (Phi) is 5.17. The minimum atomic E-state index is -0.851. The van der Waals surface area contributed by atoms with Crippen LogP contribution in [-0.2, 0) is 23.7 Å². The molecule has 5 atom stereocenters. The predicted molar refractivity (Wildman–Crippen MR) is 87.4 cm³/mol. The number of ether oxygens (including phenoxy) is 4. The molecule has 2 fully saturated rings. The predicted octanol–water partition coefficient (Wildman–Crippen LogP) is 1.95. The summed E-state index contributed by atoms with van der Waals surface area (Å²) in [6.07, 6.45) is -2.36. The summed E-state index contributed by atoms with van der Waals surface area (Å²) < 4.78 is 22.8. The van der Waals surface area contributed by atoms with Gasteiger partial charge in [-0.05, 0) is 26.0 Å². The molecule has 2 saturated heterocycles. The topological polar surface area (TPSA) is 74.2 Å². The summed E-state index contributed by atoms with van der Waals surface area (Å²) in [6.45, 7) is 5.00. The fourth-order valence-electron chi connectivity index (χ4n) is 2.92. The van der Waals surface area contributed by atoms with Gasteiger partial charge in [0.25, 0.3) is 0 Å². The first-order chi connectivity index (χ1) is 11.4. The highest BCUT2D eigenvalue weighted by atomic mass is 32.2. The number of esters is 1. The lowest BCUT2D eigenvalue weighted by Crippen LogP contribution is -2.56. The quantitative estimate of drug-likeness (QED) is 0.828. The van der Waals surface area contributed by atoms with Crippen LogP contribution in [0.25, 0.3) is 0 Å². The number of hydrogen-bond acceptors (Lipinski definition) is 7. The SMILES string of the molecule is CC(=O)OC[C@H]1O[C@@H](Sc2ccccc2)[C@H](O)[C@H]2OC(C)(C)O[C@H]21. The van der Waals surface area contributed by atoms with Crippen molar-refractivity contribution in [2.45, 2.75) is 61.3 Å². The molecule has 0 radical (unpaired) electrons. The summed E-state index contributed by atoms with van der Waals surface area (Å²) in [5.41, 5.74) is -0.535. The molecule has 3 rings (SSSR count). The number of aliphatic hydroxyl groups excluding tert-OH is 1. The van der Waals surface area contributed by atoms with Crippen molar-refractivity contribution in [3.63, 3.8) is 0 Å². The maximum absolute atomic E-state index is 11.1. The molecule has 0 aromatic heterocycles. The summed E-state index contributed by atoms with van der Waals surface area (Å²) in [5, 5.41) is 10.7. The van der Waals surface area contributed by atoms with E-state index in [2.05, 4.69) is 0 Å². The average Bonchev–Trinajstić information content (AvgIpc) is 2.86. The summed E-state index contributed by atoms with van der Waals surface area (Å²) in [5.74, 6) is -1.20. The molecule has 0 aliphatic carbocycles. The van der Waals surface area contributed by atoms with E-state index in [1.807, 2.05) is 30.3 Å². The number of carbonyl (C=O) groups excluding carboxylic acids is 1. The minimum absolute atomic E-state index is 0.0640. The molecule has 2 heterocycles. The van der Waals surface area contributed by atoms with Gasteiger partial charge in [0.05, 0.1) is 0 Å². The van der Waals surface area contributed by atoms with E-state index in [9.17, 15) is 9.90 Å². The number of aliphatic hydroxyl groups is 1. The first-order valence-corrected chi connectivity index (χ1v) is 8.78. The van der Waals surface area contributed by atoms with Gasteiger partial charge >= 0.3 is 5.97 Å². The smallest absolute Gasteiger partial charge is 0.302 e. The lowest BCUT2D eigenvalue weighted by Gasteiger charge is -2.39. The molecule has 132 valence electrons. The van der Waals surface area contributed by atoms with Gasteiger partial charge < -0.3 is 24.1 Å². The zero-order valence-corrected chi connectivity index (χ0v) is 14.7. The molecule has 0 saturated carbocycles. The number of carbonyl (C=O) groups is 1. The second-order valence-corrected chi connectivity index (χ2v) is 7.50. The lowest BCUT2D eigenvalue weighted by atomic mass is 10.0. The van der Waals surface area contributed by atoms with Crippen LogP contribution in [0.4, 0.5) is 0 Å². The van der Waals surface area contributed by atoms with Crippen molar-refractivity contribution in [2.24, 2.45) is 0 Å². The number of fused-ring (bicyclic) bond motifs is 1. The molecule has 0 amide bonds. The van der Waals surface area contributed by atoms with Crippen LogP contribution >= 0.6 is 11.8 Å². The molecule has 24 heavy (non-hydrogen) atoms. The Hall–Kier alpha value is -1.12. The molecule has 1 N–H and O–H groups in total. The Bertz CT molecular complexity index is 578. The first-order valence-electron chi connectivity index (χ1n) is 7.90. The monoisotopic (exact) mass is 354 g/mol. The van der Waals surface area contributed by atoms with Crippen LogP contribution in [0.1, 0.15) is 20.8 Å². The molecule has 1 aromatic rings. The summed E-state index contributed by atoms with van der Waals surface area (Å²) in [4.78, 5) is 12.1. The van der Waals surface area contributed by atoms with Crippen LogP contribution in [0.2, 0.25) is 0 Å². The fraction of sp³-hybridized carbons (Fsp3) is 0.588. The van der Waals surface area contributed by atoms with Crippen LogP contribution in [0, 0.1) is 0 Å². The van der Waals surface area contributed by atoms with Gasteiger partial charge in [-0.2, -0.15) is 0 Å². The standard InChI is InChI=1S/C17H22O6S/c1-10(18)20-9-12-14-15(23-17(2,3)22-14)13(19)16(21-12)24-11-7-5-4-6-8-11/h4-8,12-16,19H,9H2,1-3H3/t12-,13-,14+,15-,16+/m1/s1. The van der Waals surface area contributed by atoms with Crippen molar-refractivity contribution in [1.82, 2.24) is 0 Å². The van der Waals surface area contributed by atoms with Gasteiger partial charge in [0.1, 0.15) is 36.5 Å². The highest BCUT2D eigenvalue weighted by Crippen LogP contribution is 2.41. The van der Waals surface area contributed by atoms with E-state index in [1.54, 1.807) is 13.8 Å². The second kappa shape index (κ2) is 7.01. The summed E-state index contributed by atoms with van der Waals surface area (Å²) >= 11 is 1.41. The van der Waals surface area contributed by atoms with Crippen LogP contribution in [0.3, 0.4) is 0 Å².